The Kier molecular flexibility index (Phi) is 8.20. The fraction of sp³-hybridized carbons (Fsp3) is 0.500. The van der Waals surface area contributed by atoms with Crippen LogP contribution in [0.1, 0.15) is 48.9 Å². The fourth-order valence-corrected chi connectivity index (χ4v) is 10.1. The molecule has 3 aliphatic heterocycles. The van der Waals surface area contributed by atoms with Gasteiger partial charge in [-0.05, 0) is 62.7 Å². The first-order chi connectivity index (χ1) is 21.0. The van der Waals surface area contributed by atoms with E-state index in [4.69, 9.17) is 4.74 Å². The van der Waals surface area contributed by atoms with Crippen molar-refractivity contribution < 1.29 is 23.5 Å². The van der Waals surface area contributed by atoms with Crippen LogP contribution in [0.5, 0.6) is 0 Å². The number of aliphatic hydroxyl groups is 1. The van der Waals surface area contributed by atoms with Gasteiger partial charge in [-0.1, -0.05) is 42.5 Å². The number of amides is 2. The Morgan fingerprint density at radius 2 is 2.05 bits per heavy atom. The van der Waals surface area contributed by atoms with Gasteiger partial charge in [0, 0.05) is 42.5 Å². The lowest BCUT2D eigenvalue weighted by atomic mass is 9.82. The maximum Gasteiger partial charge on any atom is 0.264 e. The average molecular weight is 621 g/mol. The summed E-state index contributed by atoms with van der Waals surface area (Å²) in [5.74, 6) is -1.06. The first-order valence-electron chi connectivity index (χ1n) is 15.4. The monoisotopic (exact) mass is 620 g/mol. The van der Waals surface area contributed by atoms with Gasteiger partial charge in [-0.15, -0.1) is 5.10 Å². The number of likely N-dealkylation sites (N-methyl/N-ethyl adjacent to an activating group) is 1. The maximum absolute atomic E-state index is 16.1. The lowest BCUT2D eigenvalue weighted by molar-refractivity contribution is -0.145. The van der Waals surface area contributed by atoms with Crippen LogP contribution in [-0.2, 0) is 26.5 Å². The van der Waals surface area contributed by atoms with Gasteiger partial charge in [-0.3, -0.25) is 14.3 Å². The van der Waals surface area contributed by atoms with Crippen LogP contribution in [0, 0.1) is 5.92 Å². The molecule has 0 bridgehead atoms. The van der Waals surface area contributed by atoms with E-state index in [2.05, 4.69) is 20.9 Å². The Bertz CT molecular complexity index is 1520. The van der Waals surface area contributed by atoms with Gasteiger partial charge >= 0.3 is 0 Å². The summed E-state index contributed by atoms with van der Waals surface area (Å²) in [5, 5.41) is 24.9. The number of halogens is 1. The molecule has 12 heteroatoms. The number of aryl methyl sites for hydroxylation is 1. The summed E-state index contributed by atoms with van der Waals surface area (Å²) in [7, 11) is -1.61. The second-order valence-electron chi connectivity index (χ2n) is 12.8. The number of rotatable bonds is 9. The molecule has 3 aromatic rings. The molecular formula is C32H41FN6O4Si. The van der Waals surface area contributed by atoms with E-state index in [1.165, 1.54) is 0 Å². The third kappa shape index (κ3) is 5.27. The predicted octanol–water partition coefficient (Wildman–Crippen LogP) is 3.93. The van der Waals surface area contributed by atoms with Crippen LogP contribution < -0.4 is 15.5 Å². The van der Waals surface area contributed by atoms with E-state index in [-0.39, 0.29) is 30.4 Å². The number of aliphatic hydroxyl groups excluding tert-OH is 1. The number of ether oxygens (including phenoxy) is 1. The molecule has 0 radical (unpaired) electrons. The second-order valence-corrected chi connectivity index (χ2v) is 16.6. The van der Waals surface area contributed by atoms with Crippen LogP contribution in [0.3, 0.4) is 0 Å². The highest BCUT2D eigenvalue weighted by Gasteiger charge is 2.66. The molecule has 6 atom stereocenters. The normalized spacial score (nSPS) is 27.2. The summed E-state index contributed by atoms with van der Waals surface area (Å²) in [6.45, 7) is 6.40. The van der Waals surface area contributed by atoms with Crippen LogP contribution in [0.2, 0.25) is 18.6 Å². The van der Waals surface area contributed by atoms with Crippen molar-refractivity contribution >= 4 is 31.6 Å². The van der Waals surface area contributed by atoms with E-state index in [1.807, 2.05) is 55.6 Å². The molecule has 1 spiro atoms. The molecule has 1 aromatic heterocycles. The van der Waals surface area contributed by atoms with E-state index >= 15 is 4.11 Å². The van der Waals surface area contributed by atoms with Gasteiger partial charge in [0.2, 0.25) is 14.3 Å². The van der Waals surface area contributed by atoms with E-state index in [9.17, 15) is 14.7 Å². The second kappa shape index (κ2) is 11.8. The fourth-order valence-electron chi connectivity index (χ4n) is 7.54. The molecule has 3 N–H and O–H groups in total. The first-order valence-corrected chi connectivity index (χ1v) is 18.4. The standard InChI is InChI=1S/C32H41FN6O4Si/c1-20-29(44(3,4)33)28(14-16-39-18-26(36-37-39)23(19-40)21-9-6-5-7-10-21)43-32(20)24-17-22(12-13-27(24)38(2)31(32)42)35-30(41)25-11-8-15-34-25/h5-7,9-10,12-13,17-18,20,23,25,28-29,34,40H,8,11,14-16,19H2,1-4H3,(H,35,41)/t20-,23?,25-,28+,29-,32+/m1/s1. The number of aromatic nitrogens is 3. The van der Waals surface area contributed by atoms with Crippen LogP contribution in [0.4, 0.5) is 15.5 Å². The zero-order chi connectivity index (χ0) is 31.2. The summed E-state index contributed by atoms with van der Waals surface area (Å²) in [4.78, 5) is 28.5. The summed E-state index contributed by atoms with van der Waals surface area (Å²) < 4.78 is 24.6. The predicted molar refractivity (Wildman–Crippen MR) is 168 cm³/mol. The van der Waals surface area contributed by atoms with Gasteiger partial charge in [-0.25, -0.2) is 0 Å². The van der Waals surface area contributed by atoms with E-state index in [1.54, 1.807) is 35.8 Å². The van der Waals surface area contributed by atoms with Crippen LogP contribution in [-0.4, -0.2) is 72.7 Å². The van der Waals surface area contributed by atoms with Crippen LogP contribution in [0.15, 0.2) is 54.7 Å². The molecule has 0 saturated carbocycles. The highest BCUT2D eigenvalue weighted by Crippen LogP contribution is 2.60. The van der Waals surface area contributed by atoms with Gasteiger partial charge in [0.05, 0.1) is 36.1 Å². The van der Waals surface area contributed by atoms with Crippen molar-refractivity contribution in [2.24, 2.45) is 5.92 Å². The molecule has 10 nitrogen and oxygen atoms in total. The van der Waals surface area contributed by atoms with Gasteiger partial charge in [0.1, 0.15) is 0 Å². The SMILES string of the molecule is C[C@@H]1[C@@H]([Si](C)(C)F)[C@H](CCn2cc(C(CO)c3ccccc3)nn2)O[C@@]12C(=O)N(C)c1ccc(NC(=O)[C@H]3CCCN3)cc12. The first kappa shape index (κ1) is 30.6. The van der Waals surface area contributed by atoms with Crippen LogP contribution in [0.25, 0.3) is 0 Å². The minimum Gasteiger partial charge on any atom is -0.395 e. The minimum atomic E-state index is -3.33. The highest BCUT2D eigenvalue weighted by molar-refractivity contribution is 6.72. The zero-order valence-corrected chi connectivity index (χ0v) is 26.7. The Balaban J connectivity index is 1.26. The van der Waals surface area contributed by atoms with E-state index in [0.717, 1.165) is 24.9 Å². The number of anilines is 2. The molecule has 2 saturated heterocycles. The zero-order valence-electron chi connectivity index (χ0n) is 25.7. The number of nitrogens with one attached hydrogen (secondary N) is 2. The lowest BCUT2D eigenvalue weighted by Crippen LogP contribution is -2.44. The number of hydrogen-bond donors (Lipinski definition) is 3. The van der Waals surface area contributed by atoms with Crippen molar-refractivity contribution in [3.05, 3.63) is 71.5 Å². The Morgan fingerprint density at radius 1 is 1.27 bits per heavy atom. The van der Waals surface area contributed by atoms with Gasteiger partial charge < -0.3 is 29.5 Å². The molecule has 0 aliphatic carbocycles. The maximum atomic E-state index is 16.1. The number of carbonyl (C=O) groups is 2. The van der Waals surface area contributed by atoms with Crippen molar-refractivity contribution in [3.63, 3.8) is 0 Å². The van der Waals surface area contributed by atoms with Gasteiger partial charge in [0.15, 0.2) is 5.60 Å². The molecule has 1 unspecified atom stereocenters. The van der Waals surface area contributed by atoms with Crippen molar-refractivity contribution in [2.75, 3.05) is 30.4 Å². The smallest absolute Gasteiger partial charge is 0.264 e. The quantitative estimate of drug-likeness (QED) is 0.245. The number of nitrogens with zero attached hydrogens (tertiary/aromatic N) is 4. The average Bonchev–Trinajstić information content (AvgIpc) is 3.79. The molecule has 2 amide bonds. The molecule has 2 fully saturated rings. The third-order valence-electron chi connectivity index (χ3n) is 9.68. The van der Waals surface area contributed by atoms with Crippen molar-refractivity contribution in [1.29, 1.82) is 0 Å². The largest absolute Gasteiger partial charge is 0.395 e. The third-order valence-corrected chi connectivity index (χ3v) is 12.1. The molecule has 2 aromatic carbocycles. The van der Waals surface area contributed by atoms with Gasteiger partial charge in [-0.2, -0.15) is 0 Å². The Hall–Kier alpha value is -3.45. The summed E-state index contributed by atoms with van der Waals surface area (Å²) in [5.41, 5.74) is 1.74. The summed E-state index contributed by atoms with van der Waals surface area (Å²) in [6, 6.07) is 14.9. The summed E-state index contributed by atoms with van der Waals surface area (Å²) >= 11 is 0. The molecule has 4 heterocycles. The summed E-state index contributed by atoms with van der Waals surface area (Å²) in [6.07, 6.45) is 3.45. The molecule has 6 rings (SSSR count). The van der Waals surface area contributed by atoms with Crippen molar-refractivity contribution in [3.8, 4) is 0 Å². The Labute approximate surface area is 258 Å². The number of fused-ring (bicyclic) bond motifs is 2. The lowest BCUT2D eigenvalue weighted by Gasteiger charge is -2.31. The highest BCUT2D eigenvalue weighted by atomic mass is 28.4. The Morgan fingerprint density at radius 3 is 2.73 bits per heavy atom. The molecular weight excluding hydrogens is 579 g/mol. The van der Waals surface area contributed by atoms with Crippen molar-refractivity contribution in [1.82, 2.24) is 20.3 Å². The van der Waals surface area contributed by atoms with E-state index in [0.29, 0.717) is 35.6 Å². The molecule has 3 aliphatic rings. The molecule has 44 heavy (non-hydrogen) atoms. The minimum absolute atomic E-state index is 0.104. The molecule has 234 valence electrons. The number of benzene rings is 2. The van der Waals surface area contributed by atoms with Gasteiger partial charge in [0.25, 0.3) is 5.91 Å². The number of hydrogen-bond acceptors (Lipinski definition) is 7. The van der Waals surface area contributed by atoms with Crippen molar-refractivity contribution in [2.45, 2.75) is 75.0 Å². The topological polar surface area (TPSA) is 122 Å². The van der Waals surface area contributed by atoms with Crippen LogP contribution >= 0.6 is 0 Å². The number of carbonyl (C=O) groups excluding carboxylic acids is 2. The van der Waals surface area contributed by atoms with E-state index < -0.39 is 31.6 Å².